The van der Waals surface area contributed by atoms with Crippen molar-refractivity contribution < 1.29 is 0 Å². The average molecular weight is 78.9 g/mol. The van der Waals surface area contributed by atoms with Crippen LogP contribution in [0.1, 0.15) is 0 Å². The van der Waals surface area contributed by atoms with Crippen LogP contribution >= 0.6 is 0 Å². The molecule has 0 aliphatic carbocycles. The molecule has 1 N–H and O–H groups in total. The zero-order valence-corrected chi connectivity index (χ0v) is 3.52. The van der Waals surface area contributed by atoms with Gasteiger partial charge in [-0.15, -0.1) is 0 Å². The third-order valence-electron chi connectivity index (χ3n) is 0.815. The molecule has 30 valence electrons. The van der Waals surface area contributed by atoms with Crippen LogP contribution in [-0.4, -0.2) is 14.4 Å². The fraction of sp³-hybridized carbons (Fsp3) is 0.500. The van der Waals surface area contributed by atoms with E-state index in [0.29, 0.717) is 0 Å². The second kappa shape index (κ2) is 1.37. The highest BCUT2D eigenvalue weighted by atomic mass is 14.8. The fourth-order valence-electron chi connectivity index (χ4n) is 0.464. The molecule has 6 heavy (non-hydrogen) atoms. The molecule has 0 amide bonds. The molecule has 1 heterocycles. The summed E-state index contributed by atoms with van der Waals surface area (Å²) in [5, 5.41) is 2.97. The lowest BCUT2D eigenvalue weighted by atomic mass is 9.89. The van der Waals surface area contributed by atoms with Crippen LogP contribution in [0, 0.1) is 0 Å². The highest BCUT2D eigenvalue weighted by Gasteiger charge is 1.97. The molecule has 0 aromatic rings. The van der Waals surface area contributed by atoms with Gasteiger partial charge in [-0.3, -0.25) is 0 Å². The molecule has 0 saturated heterocycles. The van der Waals surface area contributed by atoms with Gasteiger partial charge in [0, 0.05) is 6.54 Å². The number of nitrogens with one attached hydrogen (secondary N) is 1. The van der Waals surface area contributed by atoms with Gasteiger partial charge in [0.15, 0.2) is 0 Å². The van der Waals surface area contributed by atoms with Gasteiger partial charge >= 0.3 is 0 Å². The molecule has 2 radical (unpaired) electrons. The lowest BCUT2D eigenvalue weighted by Gasteiger charge is -1.91. The number of hydrogen-bond donors (Lipinski definition) is 1. The summed E-state index contributed by atoms with van der Waals surface area (Å²) in [4.78, 5) is 0. The Balaban J connectivity index is 2.38. The van der Waals surface area contributed by atoms with Crippen molar-refractivity contribution in [3.05, 3.63) is 12.3 Å². The van der Waals surface area contributed by atoms with Crippen molar-refractivity contribution in [2.24, 2.45) is 0 Å². The summed E-state index contributed by atoms with van der Waals surface area (Å²) >= 11 is 0. The Hall–Kier alpha value is -0.395. The van der Waals surface area contributed by atoms with Crippen molar-refractivity contribution in [3.63, 3.8) is 0 Å². The van der Waals surface area contributed by atoms with E-state index in [0.717, 1.165) is 6.54 Å². The topological polar surface area (TPSA) is 12.0 Å². The molecule has 1 rings (SSSR count). The second-order valence-corrected chi connectivity index (χ2v) is 1.43. The first-order valence-corrected chi connectivity index (χ1v) is 2.05. The van der Waals surface area contributed by atoms with Gasteiger partial charge in [0.2, 0.25) is 0 Å². The molecule has 0 aromatic heterocycles. The normalized spacial score (nSPS) is 30.3. The van der Waals surface area contributed by atoms with Crippen molar-refractivity contribution in [2.75, 3.05) is 6.54 Å². The van der Waals surface area contributed by atoms with Crippen LogP contribution < -0.4 is 5.32 Å². The number of rotatable bonds is 0. The van der Waals surface area contributed by atoms with Gasteiger partial charge in [-0.2, -0.15) is 0 Å². The van der Waals surface area contributed by atoms with E-state index in [9.17, 15) is 0 Å². The first-order chi connectivity index (χ1) is 2.89. The van der Waals surface area contributed by atoms with Crippen molar-refractivity contribution in [2.45, 2.75) is 5.82 Å². The van der Waals surface area contributed by atoms with Crippen LogP contribution in [0.25, 0.3) is 0 Å². The summed E-state index contributed by atoms with van der Waals surface area (Å²) < 4.78 is 0. The van der Waals surface area contributed by atoms with Gasteiger partial charge in [-0.25, -0.2) is 0 Å². The molecule has 0 fully saturated rings. The van der Waals surface area contributed by atoms with E-state index >= 15 is 0 Å². The van der Waals surface area contributed by atoms with E-state index in [1.807, 2.05) is 12.3 Å². The quantitative estimate of drug-likeness (QED) is 0.405. The molecule has 0 bridgehead atoms. The predicted octanol–water partition coefficient (Wildman–Crippen LogP) is 0.0603. The third kappa shape index (κ3) is 0.561. The Morgan fingerprint density at radius 3 is 2.83 bits per heavy atom. The molecule has 1 unspecified atom stereocenters. The summed E-state index contributed by atoms with van der Waals surface area (Å²) in [5.74, 6) is 0.255. The zero-order valence-electron chi connectivity index (χ0n) is 3.52. The van der Waals surface area contributed by atoms with E-state index in [4.69, 9.17) is 7.85 Å². The maximum atomic E-state index is 5.39. The van der Waals surface area contributed by atoms with Gasteiger partial charge in [0.25, 0.3) is 0 Å². The smallest absolute Gasteiger partial charge is 0.0780 e. The molecule has 0 saturated carbocycles. The molecular formula is C4H6BN. The van der Waals surface area contributed by atoms with Crippen LogP contribution in [-0.2, 0) is 0 Å². The summed E-state index contributed by atoms with van der Waals surface area (Å²) in [6, 6.07) is 0. The van der Waals surface area contributed by atoms with Gasteiger partial charge < -0.3 is 5.32 Å². The minimum absolute atomic E-state index is 0.255. The van der Waals surface area contributed by atoms with Crippen LogP contribution in [0.2, 0.25) is 5.82 Å². The van der Waals surface area contributed by atoms with Crippen LogP contribution in [0.3, 0.4) is 0 Å². The zero-order chi connectivity index (χ0) is 4.41. The van der Waals surface area contributed by atoms with Crippen LogP contribution in [0.4, 0.5) is 0 Å². The monoisotopic (exact) mass is 79.1 g/mol. The van der Waals surface area contributed by atoms with Crippen molar-refractivity contribution in [3.8, 4) is 0 Å². The van der Waals surface area contributed by atoms with Crippen LogP contribution in [0.15, 0.2) is 12.3 Å². The van der Waals surface area contributed by atoms with E-state index in [-0.39, 0.29) is 5.82 Å². The summed E-state index contributed by atoms with van der Waals surface area (Å²) in [5.41, 5.74) is 0. The molecule has 2 heteroatoms. The maximum absolute atomic E-state index is 5.39. The second-order valence-electron chi connectivity index (χ2n) is 1.43. The van der Waals surface area contributed by atoms with Crippen LogP contribution in [0.5, 0.6) is 0 Å². The first kappa shape index (κ1) is 3.78. The summed E-state index contributed by atoms with van der Waals surface area (Å²) in [6.07, 6.45) is 3.82. The highest BCUT2D eigenvalue weighted by molar-refractivity contribution is 6.13. The molecule has 0 aromatic carbocycles. The lowest BCUT2D eigenvalue weighted by Crippen LogP contribution is -2.03. The lowest BCUT2D eigenvalue weighted by molar-refractivity contribution is 0.914. The number of hydrogen-bond acceptors (Lipinski definition) is 1. The summed E-state index contributed by atoms with van der Waals surface area (Å²) in [7, 11) is 5.39. The van der Waals surface area contributed by atoms with E-state index in [2.05, 4.69) is 5.32 Å². The predicted molar refractivity (Wildman–Crippen MR) is 26.6 cm³/mol. The molecule has 1 aliphatic rings. The molecule has 1 nitrogen and oxygen atoms in total. The standard InChI is InChI=1S/C4H6BN/c5-4-1-2-6-3-4/h1-2,4,6H,3H2. The van der Waals surface area contributed by atoms with E-state index < -0.39 is 0 Å². The Kier molecular flexibility index (Phi) is 0.865. The largest absolute Gasteiger partial charge is 0.391 e. The summed E-state index contributed by atoms with van der Waals surface area (Å²) in [6.45, 7) is 0.903. The average Bonchev–Trinajstić information content (AvgIpc) is 1.86. The van der Waals surface area contributed by atoms with Crippen molar-refractivity contribution >= 4 is 7.85 Å². The Bertz CT molecular complexity index is 69.9. The molecular weight excluding hydrogens is 72.9 g/mol. The first-order valence-electron chi connectivity index (χ1n) is 2.05. The maximum Gasteiger partial charge on any atom is 0.0780 e. The fourth-order valence-corrected chi connectivity index (χ4v) is 0.464. The Morgan fingerprint density at radius 2 is 2.67 bits per heavy atom. The third-order valence-corrected chi connectivity index (χ3v) is 0.815. The van der Waals surface area contributed by atoms with E-state index in [1.165, 1.54) is 0 Å². The SMILES string of the molecule is [B]C1C=CNC1. The Morgan fingerprint density at radius 1 is 1.83 bits per heavy atom. The minimum Gasteiger partial charge on any atom is -0.391 e. The van der Waals surface area contributed by atoms with Gasteiger partial charge in [-0.1, -0.05) is 6.08 Å². The van der Waals surface area contributed by atoms with Gasteiger partial charge in [0.1, 0.15) is 0 Å². The van der Waals surface area contributed by atoms with Crippen molar-refractivity contribution in [1.82, 2.24) is 5.32 Å². The van der Waals surface area contributed by atoms with Gasteiger partial charge in [0.05, 0.1) is 7.85 Å². The highest BCUT2D eigenvalue weighted by Crippen LogP contribution is 2.01. The Labute approximate surface area is 38.8 Å². The van der Waals surface area contributed by atoms with Crippen molar-refractivity contribution in [1.29, 1.82) is 0 Å². The molecule has 1 aliphatic heterocycles. The van der Waals surface area contributed by atoms with Gasteiger partial charge in [-0.05, 0) is 12.0 Å². The molecule has 0 spiro atoms. The molecule has 1 atom stereocenters. The minimum atomic E-state index is 0.255. The van der Waals surface area contributed by atoms with E-state index in [1.54, 1.807) is 0 Å².